The fourth-order valence-corrected chi connectivity index (χ4v) is 2.54. The van der Waals surface area contributed by atoms with Gasteiger partial charge in [-0.15, -0.1) is 0 Å². The van der Waals surface area contributed by atoms with Gasteiger partial charge in [0.05, 0.1) is 0 Å². The largest absolute Gasteiger partial charge is 0.303 e. The second-order valence-electron chi connectivity index (χ2n) is 4.50. The molecule has 1 atom stereocenters. The molecule has 1 rings (SSSR count). The topological polar surface area (TPSA) is 3.24 Å². The van der Waals surface area contributed by atoms with Crippen LogP contribution in [0.3, 0.4) is 0 Å². The maximum Gasteiger partial charge on any atom is 0.000956 e. The second kappa shape index (κ2) is 7.58. The number of unbranched alkanes of at least 4 members (excludes halogenated alkanes) is 2. The van der Waals surface area contributed by atoms with Gasteiger partial charge < -0.3 is 4.90 Å². The number of thiol groups is 1. The Balaban J connectivity index is 2.05. The molecular weight excluding hydrogens is 190 g/mol. The fraction of sp³-hybridized carbons (Fsp3) is 1.00. The lowest BCUT2D eigenvalue weighted by atomic mass is 9.95. The maximum atomic E-state index is 4.24. The van der Waals surface area contributed by atoms with Crippen LogP contribution in [0.25, 0.3) is 0 Å². The van der Waals surface area contributed by atoms with E-state index in [1.165, 1.54) is 58.2 Å². The van der Waals surface area contributed by atoms with Crippen molar-refractivity contribution in [3.8, 4) is 0 Å². The zero-order valence-electron chi connectivity index (χ0n) is 9.54. The summed E-state index contributed by atoms with van der Waals surface area (Å²) in [6.07, 6.45) is 8.27. The summed E-state index contributed by atoms with van der Waals surface area (Å²) in [6.45, 7) is 6.36. The first-order valence-corrected chi connectivity index (χ1v) is 6.83. The van der Waals surface area contributed by atoms with Gasteiger partial charge in [-0.25, -0.2) is 0 Å². The average Bonchev–Trinajstić information content (AvgIpc) is 2.25. The van der Waals surface area contributed by atoms with Gasteiger partial charge in [0.15, 0.2) is 0 Å². The number of nitrogens with zero attached hydrogens (tertiary/aromatic N) is 1. The third-order valence-electron chi connectivity index (χ3n) is 3.31. The van der Waals surface area contributed by atoms with Crippen LogP contribution in [0.15, 0.2) is 0 Å². The molecule has 0 aromatic heterocycles. The Labute approximate surface area is 94.7 Å². The lowest BCUT2D eigenvalue weighted by Gasteiger charge is -2.32. The normalized spacial score (nSPS) is 24.0. The SMILES string of the molecule is CCC1CCCN(CCCCCS)C1. The van der Waals surface area contributed by atoms with Gasteiger partial charge in [0, 0.05) is 6.54 Å². The molecule has 0 amide bonds. The zero-order valence-corrected chi connectivity index (χ0v) is 10.4. The summed E-state index contributed by atoms with van der Waals surface area (Å²) in [5.41, 5.74) is 0. The number of rotatable bonds is 6. The summed E-state index contributed by atoms with van der Waals surface area (Å²) in [4.78, 5) is 2.66. The molecule has 0 radical (unpaired) electrons. The summed E-state index contributed by atoms with van der Waals surface area (Å²) in [6, 6.07) is 0. The Morgan fingerprint density at radius 2 is 2.14 bits per heavy atom. The first-order valence-electron chi connectivity index (χ1n) is 6.20. The highest BCUT2D eigenvalue weighted by Crippen LogP contribution is 2.19. The van der Waals surface area contributed by atoms with Crippen molar-refractivity contribution in [2.24, 2.45) is 5.92 Å². The molecule has 1 aliphatic rings. The molecule has 2 heteroatoms. The van der Waals surface area contributed by atoms with Gasteiger partial charge in [0.1, 0.15) is 0 Å². The van der Waals surface area contributed by atoms with Gasteiger partial charge in [-0.1, -0.05) is 19.8 Å². The highest BCUT2D eigenvalue weighted by Gasteiger charge is 2.17. The van der Waals surface area contributed by atoms with Crippen molar-refractivity contribution in [2.75, 3.05) is 25.4 Å². The zero-order chi connectivity index (χ0) is 10.2. The molecule has 1 heterocycles. The van der Waals surface area contributed by atoms with Crippen LogP contribution in [0.2, 0.25) is 0 Å². The second-order valence-corrected chi connectivity index (χ2v) is 4.95. The predicted molar refractivity (Wildman–Crippen MR) is 67.2 cm³/mol. The van der Waals surface area contributed by atoms with Crippen molar-refractivity contribution in [3.63, 3.8) is 0 Å². The smallest absolute Gasteiger partial charge is 0.000956 e. The molecule has 0 aromatic carbocycles. The molecule has 0 bridgehead atoms. The van der Waals surface area contributed by atoms with Gasteiger partial charge in [0.2, 0.25) is 0 Å². The van der Waals surface area contributed by atoms with Gasteiger partial charge >= 0.3 is 0 Å². The minimum absolute atomic E-state index is 0.980. The van der Waals surface area contributed by atoms with Crippen molar-refractivity contribution < 1.29 is 0 Å². The first kappa shape index (κ1) is 12.4. The van der Waals surface area contributed by atoms with E-state index in [-0.39, 0.29) is 0 Å². The van der Waals surface area contributed by atoms with Crippen LogP contribution in [0.1, 0.15) is 45.4 Å². The number of hydrogen-bond donors (Lipinski definition) is 1. The van der Waals surface area contributed by atoms with Crippen LogP contribution in [-0.2, 0) is 0 Å². The minimum atomic E-state index is 0.980. The lowest BCUT2D eigenvalue weighted by molar-refractivity contribution is 0.169. The van der Waals surface area contributed by atoms with E-state index < -0.39 is 0 Å². The van der Waals surface area contributed by atoms with E-state index in [0.29, 0.717) is 0 Å². The van der Waals surface area contributed by atoms with Gasteiger partial charge in [-0.05, 0) is 50.4 Å². The first-order chi connectivity index (χ1) is 6.86. The van der Waals surface area contributed by atoms with Gasteiger partial charge in [-0.3, -0.25) is 0 Å². The van der Waals surface area contributed by atoms with Gasteiger partial charge in [0.25, 0.3) is 0 Å². The van der Waals surface area contributed by atoms with Crippen LogP contribution >= 0.6 is 12.6 Å². The molecular formula is C12H25NS. The summed E-state index contributed by atoms with van der Waals surface area (Å²) < 4.78 is 0. The predicted octanol–water partition coefficient (Wildman–Crippen LogP) is 3.21. The molecule has 1 fully saturated rings. The van der Waals surface area contributed by atoms with Crippen molar-refractivity contribution in [1.82, 2.24) is 4.90 Å². The fourth-order valence-electron chi connectivity index (χ4n) is 2.31. The molecule has 0 spiro atoms. The maximum absolute atomic E-state index is 4.24. The number of likely N-dealkylation sites (tertiary alicyclic amines) is 1. The monoisotopic (exact) mass is 215 g/mol. The third kappa shape index (κ3) is 4.70. The molecule has 1 saturated heterocycles. The van der Waals surface area contributed by atoms with E-state index in [0.717, 1.165) is 11.7 Å². The highest BCUT2D eigenvalue weighted by atomic mass is 32.1. The molecule has 84 valence electrons. The number of hydrogen-bond acceptors (Lipinski definition) is 2. The molecule has 0 aromatic rings. The Morgan fingerprint density at radius 1 is 1.29 bits per heavy atom. The van der Waals surface area contributed by atoms with Crippen molar-refractivity contribution in [3.05, 3.63) is 0 Å². The minimum Gasteiger partial charge on any atom is -0.303 e. The Morgan fingerprint density at radius 3 is 2.86 bits per heavy atom. The Hall–Kier alpha value is 0.310. The van der Waals surface area contributed by atoms with E-state index in [1.54, 1.807) is 0 Å². The van der Waals surface area contributed by atoms with E-state index >= 15 is 0 Å². The van der Waals surface area contributed by atoms with Crippen LogP contribution in [-0.4, -0.2) is 30.3 Å². The highest BCUT2D eigenvalue weighted by molar-refractivity contribution is 7.80. The van der Waals surface area contributed by atoms with Crippen molar-refractivity contribution in [1.29, 1.82) is 0 Å². The molecule has 1 aliphatic heterocycles. The Kier molecular flexibility index (Phi) is 6.70. The van der Waals surface area contributed by atoms with Crippen LogP contribution in [0, 0.1) is 5.92 Å². The number of piperidine rings is 1. The van der Waals surface area contributed by atoms with E-state index in [9.17, 15) is 0 Å². The molecule has 0 N–H and O–H groups in total. The molecule has 1 nitrogen and oxygen atoms in total. The van der Waals surface area contributed by atoms with Crippen molar-refractivity contribution >= 4 is 12.6 Å². The van der Waals surface area contributed by atoms with Crippen LogP contribution < -0.4 is 0 Å². The van der Waals surface area contributed by atoms with E-state index in [1.807, 2.05) is 0 Å². The average molecular weight is 215 g/mol. The lowest BCUT2D eigenvalue weighted by Crippen LogP contribution is -2.35. The van der Waals surface area contributed by atoms with E-state index in [2.05, 4.69) is 24.5 Å². The molecule has 0 aliphatic carbocycles. The quantitative estimate of drug-likeness (QED) is 0.526. The third-order valence-corrected chi connectivity index (χ3v) is 3.63. The summed E-state index contributed by atoms with van der Waals surface area (Å²) in [7, 11) is 0. The van der Waals surface area contributed by atoms with E-state index in [4.69, 9.17) is 0 Å². The summed E-state index contributed by atoms with van der Waals surface area (Å²) in [5.74, 6) is 2.03. The summed E-state index contributed by atoms with van der Waals surface area (Å²) in [5, 5.41) is 0. The standard InChI is InChI=1S/C12H25NS/c1-2-12-7-6-9-13(11-12)8-4-3-5-10-14/h12,14H,2-11H2,1H3. The molecule has 1 unspecified atom stereocenters. The van der Waals surface area contributed by atoms with Crippen molar-refractivity contribution in [2.45, 2.75) is 45.4 Å². The Bertz CT molecular complexity index is 138. The molecule has 0 saturated carbocycles. The van der Waals surface area contributed by atoms with Crippen LogP contribution in [0.5, 0.6) is 0 Å². The van der Waals surface area contributed by atoms with Gasteiger partial charge in [-0.2, -0.15) is 12.6 Å². The van der Waals surface area contributed by atoms with Crippen LogP contribution in [0.4, 0.5) is 0 Å². The molecule has 14 heavy (non-hydrogen) atoms. The summed E-state index contributed by atoms with van der Waals surface area (Å²) >= 11 is 4.24.